The first-order valence-electron chi connectivity index (χ1n) is 4.71. The Morgan fingerprint density at radius 1 is 1.29 bits per heavy atom. The van der Waals surface area contributed by atoms with Gasteiger partial charge in [-0.05, 0) is 25.7 Å². The minimum absolute atomic E-state index is 0.0347. The molecule has 0 saturated heterocycles. The van der Waals surface area contributed by atoms with Gasteiger partial charge < -0.3 is 14.2 Å². The summed E-state index contributed by atoms with van der Waals surface area (Å²) < 4.78 is 13.6. The van der Waals surface area contributed by atoms with Gasteiger partial charge in [0.1, 0.15) is 6.10 Å². The van der Waals surface area contributed by atoms with Gasteiger partial charge in [0.05, 0.1) is 0 Å². The predicted octanol–water partition coefficient (Wildman–Crippen LogP) is 1.60. The summed E-state index contributed by atoms with van der Waals surface area (Å²) >= 11 is 0. The molecule has 1 aliphatic carbocycles. The summed E-state index contributed by atoms with van der Waals surface area (Å²) in [5, 5.41) is 0. The summed E-state index contributed by atoms with van der Waals surface area (Å²) in [6.45, 7) is -0.164. The van der Waals surface area contributed by atoms with Gasteiger partial charge in [0.25, 0.3) is 6.47 Å². The predicted molar refractivity (Wildman–Crippen MR) is 46.5 cm³/mol. The smallest absolute Gasteiger partial charge is 0.431 e. The van der Waals surface area contributed by atoms with Gasteiger partial charge in [0, 0.05) is 0 Å². The van der Waals surface area contributed by atoms with E-state index in [1.54, 1.807) is 0 Å². The van der Waals surface area contributed by atoms with Gasteiger partial charge in [-0.25, -0.2) is 4.79 Å². The third-order valence-electron chi connectivity index (χ3n) is 2.13. The minimum Gasteiger partial charge on any atom is -0.431 e. The SMILES string of the molecule is O=COCOC(=O)OC1CCCCC1. The van der Waals surface area contributed by atoms with E-state index in [1.165, 1.54) is 6.42 Å². The molecule has 1 saturated carbocycles. The molecule has 0 aromatic heterocycles. The maximum Gasteiger partial charge on any atom is 0.511 e. The lowest BCUT2D eigenvalue weighted by Crippen LogP contribution is -2.22. The van der Waals surface area contributed by atoms with Crippen molar-refractivity contribution in [1.29, 1.82) is 0 Å². The van der Waals surface area contributed by atoms with Crippen molar-refractivity contribution in [2.24, 2.45) is 0 Å². The van der Waals surface area contributed by atoms with Gasteiger partial charge >= 0.3 is 6.16 Å². The van der Waals surface area contributed by atoms with Crippen LogP contribution in [0.1, 0.15) is 32.1 Å². The molecule has 0 aliphatic heterocycles. The van der Waals surface area contributed by atoms with E-state index in [0.717, 1.165) is 25.7 Å². The van der Waals surface area contributed by atoms with E-state index in [-0.39, 0.29) is 19.4 Å². The summed E-state index contributed by atoms with van der Waals surface area (Å²) in [7, 11) is 0. The van der Waals surface area contributed by atoms with Crippen molar-refractivity contribution in [2.45, 2.75) is 38.2 Å². The number of carbonyl (C=O) groups is 2. The second-order valence-electron chi connectivity index (χ2n) is 3.15. The average molecular weight is 202 g/mol. The van der Waals surface area contributed by atoms with Gasteiger partial charge in [0.2, 0.25) is 6.79 Å². The summed E-state index contributed by atoms with van der Waals surface area (Å²) in [5.41, 5.74) is 0. The van der Waals surface area contributed by atoms with Crippen LogP contribution in [0.4, 0.5) is 4.79 Å². The highest BCUT2D eigenvalue weighted by Crippen LogP contribution is 2.20. The number of ether oxygens (including phenoxy) is 3. The molecule has 5 nitrogen and oxygen atoms in total. The maximum absolute atomic E-state index is 10.9. The maximum atomic E-state index is 10.9. The monoisotopic (exact) mass is 202 g/mol. The van der Waals surface area contributed by atoms with E-state index in [1.807, 2.05) is 0 Å². The summed E-state index contributed by atoms with van der Waals surface area (Å²) in [6.07, 6.45) is 4.35. The van der Waals surface area contributed by atoms with E-state index in [0.29, 0.717) is 0 Å². The Labute approximate surface area is 82.3 Å². The highest BCUT2D eigenvalue weighted by atomic mass is 16.8. The van der Waals surface area contributed by atoms with Crippen LogP contribution in [0.15, 0.2) is 0 Å². The van der Waals surface area contributed by atoms with Crippen molar-refractivity contribution in [3.8, 4) is 0 Å². The van der Waals surface area contributed by atoms with Gasteiger partial charge in [0.15, 0.2) is 0 Å². The number of rotatable bonds is 4. The zero-order valence-corrected chi connectivity index (χ0v) is 7.94. The molecule has 0 bridgehead atoms. The van der Waals surface area contributed by atoms with Crippen LogP contribution in [0.25, 0.3) is 0 Å². The molecule has 1 aliphatic rings. The topological polar surface area (TPSA) is 61.8 Å². The Balaban J connectivity index is 2.09. The van der Waals surface area contributed by atoms with Crippen molar-refractivity contribution < 1.29 is 23.8 Å². The van der Waals surface area contributed by atoms with E-state index in [4.69, 9.17) is 4.74 Å². The van der Waals surface area contributed by atoms with Crippen LogP contribution in [-0.2, 0) is 19.0 Å². The van der Waals surface area contributed by atoms with E-state index in [2.05, 4.69) is 9.47 Å². The molecule has 0 aromatic carbocycles. The van der Waals surface area contributed by atoms with Crippen molar-refractivity contribution in [2.75, 3.05) is 6.79 Å². The largest absolute Gasteiger partial charge is 0.511 e. The molecule has 80 valence electrons. The molecule has 1 fully saturated rings. The number of carbonyl (C=O) groups excluding carboxylic acids is 2. The van der Waals surface area contributed by atoms with Crippen LogP contribution in [0.3, 0.4) is 0 Å². The van der Waals surface area contributed by atoms with Crippen molar-refractivity contribution in [3.05, 3.63) is 0 Å². The molecule has 14 heavy (non-hydrogen) atoms. The second kappa shape index (κ2) is 6.23. The first-order valence-corrected chi connectivity index (χ1v) is 4.71. The fourth-order valence-corrected chi connectivity index (χ4v) is 1.46. The molecule has 0 unspecified atom stereocenters. The van der Waals surface area contributed by atoms with Crippen LogP contribution in [0.5, 0.6) is 0 Å². The van der Waals surface area contributed by atoms with E-state index in [9.17, 15) is 9.59 Å². The first kappa shape index (κ1) is 10.8. The van der Waals surface area contributed by atoms with Gasteiger partial charge in [-0.2, -0.15) is 0 Å². The van der Waals surface area contributed by atoms with Gasteiger partial charge in [-0.1, -0.05) is 6.42 Å². The third kappa shape index (κ3) is 4.11. The Kier molecular flexibility index (Phi) is 4.82. The van der Waals surface area contributed by atoms with Crippen LogP contribution in [0.2, 0.25) is 0 Å². The molecule has 0 N–H and O–H groups in total. The van der Waals surface area contributed by atoms with Gasteiger partial charge in [-0.15, -0.1) is 0 Å². The Morgan fingerprint density at radius 3 is 2.64 bits per heavy atom. The molecule has 0 atom stereocenters. The Morgan fingerprint density at radius 2 is 2.00 bits per heavy atom. The summed E-state index contributed by atoms with van der Waals surface area (Å²) in [4.78, 5) is 20.7. The molecule has 1 rings (SSSR count). The zero-order valence-electron chi connectivity index (χ0n) is 7.94. The van der Waals surface area contributed by atoms with Crippen LogP contribution in [-0.4, -0.2) is 25.5 Å². The lowest BCUT2D eigenvalue weighted by Gasteiger charge is -2.20. The molecule has 0 aromatic rings. The fraction of sp³-hybridized carbons (Fsp3) is 0.778. The number of hydrogen-bond donors (Lipinski definition) is 0. The Bertz CT molecular complexity index is 186. The van der Waals surface area contributed by atoms with Gasteiger partial charge in [-0.3, -0.25) is 4.79 Å². The first-order chi connectivity index (χ1) is 6.83. The van der Waals surface area contributed by atoms with Crippen LogP contribution in [0, 0.1) is 0 Å². The molecule has 0 spiro atoms. The highest BCUT2D eigenvalue weighted by Gasteiger charge is 2.18. The molecule has 0 amide bonds. The normalized spacial score (nSPS) is 17.1. The molecule has 0 heterocycles. The molecule has 0 radical (unpaired) electrons. The molecule has 5 heteroatoms. The third-order valence-corrected chi connectivity index (χ3v) is 2.13. The average Bonchev–Trinajstić information content (AvgIpc) is 2.20. The summed E-state index contributed by atoms with van der Waals surface area (Å²) in [5.74, 6) is 0. The molecular formula is C9H14O5. The van der Waals surface area contributed by atoms with Crippen molar-refractivity contribution in [3.63, 3.8) is 0 Å². The minimum atomic E-state index is -0.765. The zero-order chi connectivity index (χ0) is 10.2. The Hall–Kier alpha value is -1.26. The van der Waals surface area contributed by atoms with E-state index < -0.39 is 6.16 Å². The van der Waals surface area contributed by atoms with E-state index >= 15 is 0 Å². The van der Waals surface area contributed by atoms with Crippen molar-refractivity contribution in [1.82, 2.24) is 0 Å². The second-order valence-corrected chi connectivity index (χ2v) is 3.15. The number of hydrogen-bond acceptors (Lipinski definition) is 5. The molecular weight excluding hydrogens is 188 g/mol. The lowest BCUT2D eigenvalue weighted by atomic mass is 9.98. The fourth-order valence-electron chi connectivity index (χ4n) is 1.46. The lowest BCUT2D eigenvalue weighted by molar-refractivity contribution is -0.138. The highest BCUT2D eigenvalue weighted by molar-refractivity contribution is 5.60. The quantitative estimate of drug-likeness (QED) is 0.300. The standard InChI is InChI=1S/C9H14O5/c10-6-12-7-13-9(11)14-8-4-2-1-3-5-8/h6,8H,1-5,7H2. The summed E-state index contributed by atoms with van der Waals surface area (Å²) in [6, 6.07) is 0. The van der Waals surface area contributed by atoms with Crippen LogP contribution >= 0.6 is 0 Å². The van der Waals surface area contributed by atoms with Crippen molar-refractivity contribution >= 4 is 12.6 Å². The van der Waals surface area contributed by atoms with Crippen LogP contribution < -0.4 is 0 Å².